The molecule has 1 atom stereocenters. The lowest BCUT2D eigenvalue weighted by atomic mass is 9.60. The van der Waals surface area contributed by atoms with Gasteiger partial charge in [-0.05, 0) is 31.9 Å². The second-order valence-electron chi connectivity index (χ2n) is 6.59. The maximum absolute atomic E-state index is 13.1. The van der Waals surface area contributed by atoms with Crippen LogP contribution in [-0.4, -0.2) is 10.9 Å². The number of rotatable bonds is 2. The summed E-state index contributed by atoms with van der Waals surface area (Å²) in [7, 11) is 0. The summed E-state index contributed by atoms with van der Waals surface area (Å²) in [6.45, 7) is 1.89. The van der Waals surface area contributed by atoms with Crippen molar-refractivity contribution in [2.45, 2.75) is 39.0 Å². The molecule has 0 radical (unpaired) electrons. The largest absolute Gasteiger partial charge is 0.352 e. The molecule has 1 heterocycles. The zero-order valence-electron chi connectivity index (χ0n) is 13.8. The topological polar surface area (TPSA) is 64.9 Å². The summed E-state index contributed by atoms with van der Waals surface area (Å²) in [4.78, 5) is 13.6. The van der Waals surface area contributed by atoms with E-state index in [2.05, 4.69) is 16.7 Å². The van der Waals surface area contributed by atoms with Gasteiger partial charge in [-0.15, -0.1) is 0 Å². The standard InChI is InChI=1S/C19H21N3OS/c1-13-16(17(23)22-14-8-4-2-5-9-14)19(10-6-3-7-11-19)15(12-20)18(24)21-13/h2,4-5,8-9,15H,3,6-7,10-11H2,1H3,(H,21,24)(H,22,23)/t15-/m0/s1. The number of para-hydroxylation sites is 1. The van der Waals surface area contributed by atoms with Crippen LogP contribution in [0.1, 0.15) is 39.0 Å². The molecule has 1 aliphatic carbocycles. The summed E-state index contributed by atoms with van der Waals surface area (Å²) in [5.41, 5.74) is 1.78. The molecule has 0 bridgehead atoms. The third-order valence-electron chi connectivity index (χ3n) is 5.13. The van der Waals surface area contributed by atoms with Gasteiger partial charge in [-0.3, -0.25) is 4.79 Å². The molecule has 2 N–H and O–H groups in total. The number of thiocarbonyl (C=S) groups is 1. The number of nitriles is 1. The molecule has 1 spiro atoms. The lowest BCUT2D eigenvalue weighted by molar-refractivity contribution is -0.114. The Morgan fingerprint density at radius 3 is 2.58 bits per heavy atom. The molecule has 4 nitrogen and oxygen atoms in total. The first-order valence-electron chi connectivity index (χ1n) is 8.37. The van der Waals surface area contributed by atoms with Gasteiger partial charge in [0.25, 0.3) is 5.91 Å². The highest BCUT2D eigenvalue weighted by Gasteiger charge is 2.50. The number of carbonyl (C=O) groups excluding carboxylic acids is 1. The van der Waals surface area contributed by atoms with E-state index >= 15 is 0 Å². The van der Waals surface area contributed by atoms with Crippen LogP contribution < -0.4 is 10.6 Å². The van der Waals surface area contributed by atoms with Gasteiger partial charge in [-0.2, -0.15) is 5.26 Å². The smallest absolute Gasteiger partial charge is 0.253 e. The van der Waals surface area contributed by atoms with Crippen LogP contribution in [0.2, 0.25) is 0 Å². The van der Waals surface area contributed by atoms with E-state index in [0.29, 0.717) is 10.6 Å². The van der Waals surface area contributed by atoms with E-state index in [4.69, 9.17) is 12.2 Å². The first-order valence-corrected chi connectivity index (χ1v) is 8.77. The molecule has 3 rings (SSSR count). The molecule has 1 saturated carbocycles. The van der Waals surface area contributed by atoms with Crippen LogP contribution in [0, 0.1) is 22.7 Å². The molecule has 0 aromatic heterocycles. The quantitative estimate of drug-likeness (QED) is 0.802. The Hall–Kier alpha value is -2.19. The van der Waals surface area contributed by atoms with Crippen molar-refractivity contribution in [3.8, 4) is 6.07 Å². The minimum atomic E-state index is -0.460. The third-order valence-corrected chi connectivity index (χ3v) is 5.47. The van der Waals surface area contributed by atoms with Gasteiger partial charge in [0.2, 0.25) is 0 Å². The number of nitrogens with one attached hydrogen (secondary N) is 2. The Kier molecular flexibility index (Phi) is 4.68. The highest BCUT2D eigenvalue weighted by Crippen LogP contribution is 2.51. The molecule has 0 unspecified atom stereocenters. The number of hydrogen-bond acceptors (Lipinski definition) is 3. The van der Waals surface area contributed by atoms with Crippen molar-refractivity contribution in [2.75, 3.05) is 5.32 Å². The first kappa shape index (κ1) is 16.7. The van der Waals surface area contributed by atoms with Crippen LogP contribution in [0.3, 0.4) is 0 Å². The molecule has 1 aromatic rings. The van der Waals surface area contributed by atoms with E-state index in [1.54, 1.807) is 0 Å². The lowest BCUT2D eigenvalue weighted by Gasteiger charge is -2.46. The average molecular weight is 339 g/mol. The van der Waals surface area contributed by atoms with E-state index < -0.39 is 11.3 Å². The third kappa shape index (κ3) is 2.83. The van der Waals surface area contributed by atoms with Crippen molar-refractivity contribution in [2.24, 2.45) is 11.3 Å². The lowest BCUT2D eigenvalue weighted by Crippen LogP contribution is -2.50. The Bertz CT molecular complexity index is 727. The minimum absolute atomic E-state index is 0.129. The number of allylic oxidation sites excluding steroid dienone is 1. The SMILES string of the molecule is CC1=C(C(=O)Nc2ccccc2)C2(CCCCC2)[C@@H](C#N)C(=S)N1. The second-order valence-corrected chi connectivity index (χ2v) is 7.03. The fourth-order valence-corrected chi connectivity index (χ4v) is 4.53. The molecular formula is C19H21N3OS. The maximum atomic E-state index is 13.1. The van der Waals surface area contributed by atoms with Crippen LogP contribution in [0.5, 0.6) is 0 Å². The van der Waals surface area contributed by atoms with Crippen molar-refractivity contribution in [1.82, 2.24) is 5.32 Å². The van der Waals surface area contributed by atoms with Gasteiger partial charge in [-0.1, -0.05) is 49.7 Å². The van der Waals surface area contributed by atoms with Crippen LogP contribution in [0.25, 0.3) is 0 Å². The van der Waals surface area contributed by atoms with Crippen LogP contribution in [0.15, 0.2) is 41.6 Å². The van der Waals surface area contributed by atoms with E-state index in [1.165, 1.54) is 0 Å². The highest BCUT2D eigenvalue weighted by atomic mass is 32.1. The minimum Gasteiger partial charge on any atom is -0.352 e. The zero-order valence-corrected chi connectivity index (χ0v) is 14.6. The summed E-state index contributed by atoms with van der Waals surface area (Å²) in [5.74, 6) is -0.566. The summed E-state index contributed by atoms with van der Waals surface area (Å²) in [6.07, 6.45) is 4.86. The Morgan fingerprint density at radius 1 is 1.29 bits per heavy atom. The van der Waals surface area contributed by atoms with Crippen molar-refractivity contribution in [3.05, 3.63) is 41.6 Å². The van der Waals surface area contributed by atoms with Crippen molar-refractivity contribution >= 4 is 28.8 Å². The van der Waals surface area contributed by atoms with Gasteiger partial charge >= 0.3 is 0 Å². The number of benzene rings is 1. The fourth-order valence-electron chi connectivity index (χ4n) is 4.10. The predicted octanol–water partition coefficient (Wildman–Crippen LogP) is 3.92. The van der Waals surface area contributed by atoms with Gasteiger partial charge < -0.3 is 10.6 Å². The normalized spacial score (nSPS) is 22.7. The average Bonchev–Trinajstić information content (AvgIpc) is 2.56. The molecule has 1 amide bonds. The van der Waals surface area contributed by atoms with Gasteiger partial charge in [0.15, 0.2) is 0 Å². The second kappa shape index (κ2) is 6.74. The van der Waals surface area contributed by atoms with E-state index in [0.717, 1.165) is 43.5 Å². The number of amides is 1. The molecule has 5 heteroatoms. The molecule has 124 valence electrons. The van der Waals surface area contributed by atoms with Crippen molar-refractivity contribution in [3.63, 3.8) is 0 Å². The van der Waals surface area contributed by atoms with Gasteiger partial charge in [0.1, 0.15) is 5.92 Å². The van der Waals surface area contributed by atoms with Gasteiger partial charge in [-0.25, -0.2) is 0 Å². The number of hydrogen-bond donors (Lipinski definition) is 2. The van der Waals surface area contributed by atoms with Crippen molar-refractivity contribution in [1.29, 1.82) is 5.26 Å². The Balaban J connectivity index is 2.01. The van der Waals surface area contributed by atoms with Crippen molar-refractivity contribution < 1.29 is 4.79 Å². The fraction of sp³-hybridized carbons (Fsp3) is 0.421. The summed E-state index contributed by atoms with van der Waals surface area (Å²) < 4.78 is 0. The molecule has 1 fully saturated rings. The Labute approximate surface area is 147 Å². The van der Waals surface area contributed by atoms with E-state index in [-0.39, 0.29) is 5.91 Å². The highest BCUT2D eigenvalue weighted by molar-refractivity contribution is 7.80. The van der Waals surface area contributed by atoms with E-state index in [9.17, 15) is 10.1 Å². The Morgan fingerprint density at radius 2 is 1.96 bits per heavy atom. The monoisotopic (exact) mass is 339 g/mol. The number of carbonyl (C=O) groups is 1. The number of anilines is 1. The zero-order chi connectivity index (χ0) is 17.2. The molecule has 2 aliphatic rings. The molecular weight excluding hydrogens is 318 g/mol. The molecule has 0 saturated heterocycles. The predicted molar refractivity (Wildman–Crippen MR) is 98.1 cm³/mol. The van der Waals surface area contributed by atoms with Gasteiger partial charge in [0, 0.05) is 22.4 Å². The van der Waals surface area contributed by atoms with E-state index in [1.807, 2.05) is 37.3 Å². The maximum Gasteiger partial charge on any atom is 0.253 e. The molecule has 1 aliphatic heterocycles. The molecule has 24 heavy (non-hydrogen) atoms. The first-order chi connectivity index (χ1) is 11.6. The summed E-state index contributed by atoms with van der Waals surface area (Å²) in [5, 5.41) is 15.8. The number of nitrogens with zero attached hydrogens (tertiary/aromatic N) is 1. The summed E-state index contributed by atoms with van der Waals surface area (Å²) >= 11 is 5.43. The van der Waals surface area contributed by atoms with Gasteiger partial charge in [0.05, 0.1) is 11.1 Å². The van der Waals surface area contributed by atoms with Crippen LogP contribution in [-0.2, 0) is 4.79 Å². The summed E-state index contributed by atoms with van der Waals surface area (Å²) in [6, 6.07) is 11.8. The van der Waals surface area contributed by atoms with Crippen LogP contribution >= 0.6 is 12.2 Å². The molecule has 1 aromatic carbocycles. The van der Waals surface area contributed by atoms with Crippen LogP contribution in [0.4, 0.5) is 5.69 Å².